The zero-order chi connectivity index (χ0) is 23.0. The molecule has 1 amide bonds. The van der Waals surface area contributed by atoms with Crippen molar-refractivity contribution < 1.29 is 28.9 Å². The summed E-state index contributed by atoms with van der Waals surface area (Å²) in [6, 6.07) is 15.7. The maximum Gasteiger partial charge on any atom is 0.300 e. The maximum absolute atomic E-state index is 14.0. The Hall–Kier alpha value is -4.13. The van der Waals surface area contributed by atoms with Crippen LogP contribution in [0.3, 0.4) is 0 Å². The first kappa shape index (κ1) is 21.1. The molecule has 1 aliphatic heterocycles. The van der Waals surface area contributed by atoms with E-state index in [1.54, 1.807) is 30.3 Å². The lowest BCUT2D eigenvalue weighted by molar-refractivity contribution is -0.132. The molecule has 1 saturated heterocycles. The summed E-state index contributed by atoms with van der Waals surface area (Å²) < 4.78 is 19.2. The standard InChI is InChI=1S/C25H20FNO5/c1-14-6-5-7-15(12-14)22-21(23(29)17-13-16(26)10-11-20(17)32-2)24(30)25(31)27(22)18-8-3-4-9-19(18)28/h3-13,22,28-29H,1-2H3/b23-21+. The average molecular weight is 433 g/mol. The van der Waals surface area contributed by atoms with Gasteiger partial charge in [-0.2, -0.15) is 0 Å². The average Bonchev–Trinajstić information content (AvgIpc) is 3.04. The van der Waals surface area contributed by atoms with Gasteiger partial charge in [-0.25, -0.2) is 4.39 Å². The summed E-state index contributed by atoms with van der Waals surface area (Å²) in [6.07, 6.45) is 0. The van der Waals surface area contributed by atoms with Crippen molar-refractivity contribution in [3.05, 3.63) is 94.8 Å². The molecule has 32 heavy (non-hydrogen) atoms. The van der Waals surface area contributed by atoms with Gasteiger partial charge < -0.3 is 14.9 Å². The highest BCUT2D eigenvalue weighted by molar-refractivity contribution is 6.52. The number of benzene rings is 3. The molecule has 0 aliphatic carbocycles. The molecule has 1 atom stereocenters. The van der Waals surface area contributed by atoms with E-state index in [-0.39, 0.29) is 28.3 Å². The number of ether oxygens (including phenoxy) is 1. The van der Waals surface area contributed by atoms with Gasteiger partial charge in [0.2, 0.25) is 0 Å². The second kappa shape index (κ2) is 8.19. The van der Waals surface area contributed by atoms with Crippen molar-refractivity contribution in [3.8, 4) is 11.5 Å². The smallest absolute Gasteiger partial charge is 0.300 e. The number of Topliss-reactive ketones (excluding diaryl/α,β-unsaturated/α-hetero) is 1. The number of aliphatic hydroxyl groups excluding tert-OH is 1. The Morgan fingerprint density at radius 1 is 1.03 bits per heavy atom. The van der Waals surface area contributed by atoms with E-state index in [0.29, 0.717) is 5.56 Å². The molecule has 3 aromatic carbocycles. The highest BCUT2D eigenvalue weighted by Gasteiger charge is 2.48. The number of methoxy groups -OCH3 is 1. The first-order valence-electron chi connectivity index (χ1n) is 9.83. The van der Waals surface area contributed by atoms with Gasteiger partial charge in [0.05, 0.1) is 30.0 Å². The van der Waals surface area contributed by atoms with Crippen LogP contribution >= 0.6 is 0 Å². The number of aromatic hydroxyl groups is 1. The molecule has 0 aromatic heterocycles. The largest absolute Gasteiger partial charge is 0.507 e. The van der Waals surface area contributed by atoms with Crippen molar-refractivity contribution in [3.63, 3.8) is 0 Å². The Labute approximate surface area is 183 Å². The number of amides is 1. The summed E-state index contributed by atoms with van der Waals surface area (Å²) in [7, 11) is 1.35. The quantitative estimate of drug-likeness (QED) is 0.360. The van der Waals surface area contributed by atoms with E-state index in [4.69, 9.17) is 4.74 Å². The summed E-state index contributed by atoms with van der Waals surface area (Å²) in [6.45, 7) is 1.85. The van der Waals surface area contributed by atoms with E-state index in [2.05, 4.69) is 0 Å². The third-order valence-electron chi connectivity index (χ3n) is 5.36. The Morgan fingerprint density at radius 2 is 1.78 bits per heavy atom. The number of rotatable bonds is 4. The molecule has 0 bridgehead atoms. The van der Waals surface area contributed by atoms with Crippen molar-refractivity contribution in [2.24, 2.45) is 0 Å². The van der Waals surface area contributed by atoms with E-state index in [0.717, 1.165) is 22.6 Å². The second-order valence-electron chi connectivity index (χ2n) is 7.42. The molecule has 3 aromatic rings. The van der Waals surface area contributed by atoms with Crippen LogP contribution in [-0.2, 0) is 9.59 Å². The Bertz CT molecular complexity index is 1270. The van der Waals surface area contributed by atoms with Gasteiger partial charge >= 0.3 is 0 Å². The SMILES string of the molecule is COc1ccc(F)cc1/C(O)=C1\C(=O)C(=O)N(c2ccccc2O)C1c1cccc(C)c1. The predicted molar refractivity (Wildman–Crippen MR) is 117 cm³/mol. The molecule has 7 heteroatoms. The van der Waals surface area contributed by atoms with Crippen molar-refractivity contribution in [1.82, 2.24) is 0 Å². The minimum atomic E-state index is -1.05. The van der Waals surface area contributed by atoms with Crippen molar-refractivity contribution in [2.45, 2.75) is 13.0 Å². The summed E-state index contributed by atoms with van der Waals surface area (Å²) in [5.74, 6) is -3.15. The number of carbonyl (C=O) groups is 2. The number of para-hydroxylation sites is 2. The zero-order valence-electron chi connectivity index (χ0n) is 17.4. The molecule has 162 valence electrons. The number of aliphatic hydroxyl groups is 1. The van der Waals surface area contributed by atoms with Gasteiger partial charge in [0.15, 0.2) is 0 Å². The van der Waals surface area contributed by atoms with Gasteiger partial charge in [0.1, 0.15) is 23.1 Å². The fourth-order valence-corrected chi connectivity index (χ4v) is 3.91. The summed E-state index contributed by atoms with van der Waals surface area (Å²) >= 11 is 0. The number of aryl methyl sites for hydroxylation is 1. The molecular weight excluding hydrogens is 413 g/mol. The van der Waals surface area contributed by atoms with Crippen LogP contribution in [0.5, 0.6) is 11.5 Å². The van der Waals surface area contributed by atoms with Crippen molar-refractivity contribution in [1.29, 1.82) is 0 Å². The molecular formula is C25H20FNO5. The molecule has 0 spiro atoms. The van der Waals surface area contributed by atoms with Crippen LogP contribution in [0.1, 0.15) is 22.7 Å². The number of hydrogen-bond donors (Lipinski definition) is 2. The third kappa shape index (κ3) is 3.47. The predicted octanol–water partition coefficient (Wildman–Crippen LogP) is 4.47. The first-order chi connectivity index (χ1) is 15.3. The number of halogens is 1. The number of phenolic OH excluding ortho intramolecular Hbond substituents is 1. The Balaban J connectivity index is 2.02. The lowest BCUT2D eigenvalue weighted by atomic mass is 9.94. The summed E-state index contributed by atoms with van der Waals surface area (Å²) in [5, 5.41) is 21.6. The molecule has 2 N–H and O–H groups in total. The number of nitrogens with zero attached hydrogens (tertiary/aromatic N) is 1. The highest BCUT2D eigenvalue weighted by atomic mass is 19.1. The van der Waals surface area contributed by atoms with Gasteiger partial charge in [0.25, 0.3) is 11.7 Å². The number of ketones is 1. The molecule has 1 unspecified atom stereocenters. The highest BCUT2D eigenvalue weighted by Crippen LogP contribution is 2.45. The maximum atomic E-state index is 14.0. The minimum Gasteiger partial charge on any atom is -0.507 e. The molecule has 0 saturated carbocycles. The van der Waals surface area contributed by atoms with E-state index in [1.807, 2.05) is 13.0 Å². The molecule has 1 aliphatic rings. The van der Waals surface area contributed by atoms with Gasteiger partial charge in [-0.1, -0.05) is 42.0 Å². The number of anilines is 1. The van der Waals surface area contributed by atoms with E-state index in [9.17, 15) is 24.2 Å². The first-order valence-corrected chi connectivity index (χ1v) is 9.83. The van der Waals surface area contributed by atoms with E-state index < -0.39 is 29.3 Å². The molecule has 6 nitrogen and oxygen atoms in total. The van der Waals surface area contributed by atoms with Crippen molar-refractivity contribution >= 4 is 23.1 Å². The fourth-order valence-electron chi connectivity index (χ4n) is 3.91. The summed E-state index contributed by atoms with van der Waals surface area (Å²) in [5.41, 5.74) is 1.25. The van der Waals surface area contributed by atoms with Gasteiger partial charge in [-0.15, -0.1) is 0 Å². The minimum absolute atomic E-state index is 0.0552. The van der Waals surface area contributed by atoms with Crippen LogP contribution < -0.4 is 9.64 Å². The number of hydrogen-bond acceptors (Lipinski definition) is 5. The van der Waals surface area contributed by atoms with Crippen LogP contribution in [0.25, 0.3) is 5.76 Å². The molecule has 1 fully saturated rings. The topological polar surface area (TPSA) is 87.1 Å². The van der Waals surface area contributed by atoms with Crippen LogP contribution in [0.15, 0.2) is 72.3 Å². The molecule has 1 heterocycles. The monoisotopic (exact) mass is 433 g/mol. The molecule has 0 radical (unpaired) electrons. The van der Waals surface area contributed by atoms with Gasteiger partial charge in [-0.05, 0) is 42.8 Å². The second-order valence-corrected chi connectivity index (χ2v) is 7.42. The fraction of sp³-hybridized carbons (Fsp3) is 0.120. The van der Waals surface area contributed by atoms with Gasteiger partial charge in [-0.3, -0.25) is 14.5 Å². The van der Waals surface area contributed by atoms with Crippen molar-refractivity contribution in [2.75, 3.05) is 12.0 Å². The lowest BCUT2D eigenvalue weighted by Crippen LogP contribution is -2.29. The normalized spacial score (nSPS) is 17.6. The van der Waals surface area contributed by atoms with Crippen LogP contribution in [-0.4, -0.2) is 29.0 Å². The summed E-state index contributed by atoms with van der Waals surface area (Å²) in [4.78, 5) is 27.4. The Morgan fingerprint density at radius 3 is 2.47 bits per heavy atom. The van der Waals surface area contributed by atoms with Gasteiger partial charge in [0, 0.05) is 0 Å². The third-order valence-corrected chi connectivity index (χ3v) is 5.36. The number of phenols is 1. The Kier molecular flexibility index (Phi) is 5.40. The zero-order valence-corrected chi connectivity index (χ0v) is 17.4. The number of carbonyl (C=O) groups excluding carboxylic acids is 2. The van der Waals surface area contributed by atoms with Crippen LogP contribution in [0.4, 0.5) is 10.1 Å². The van der Waals surface area contributed by atoms with E-state index >= 15 is 0 Å². The lowest BCUT2D eigenvalue weighted by Gasteiger charge is -2.26. The molecule has 4 rings (SSSR count). The van der Waals surface area contributed by atoms with E-state index in [1.165, 1.54) is 25.3 Å². The van der Waals surface area contributed by atoms with Crippen LogP contribution in [0.2, 0.25) is 0 Å². The van der Waals surface area contributed by atoms with Crippen LogP contribution in [0, 0.1) is 12.7 Å².